The van der Waals surface area contributed by atoms with Crippen LogP contribution in [0.2, 0.25) is 0 Å². The molecule has 0 aliphatic rings. The van der Waals surface area contributed by atoms with Gasteiger partial charge in [-0.05, 0) is 54.4 Å². The van der Waals surface area contributed by atoms with Crippen LogP contribution in [-0.2, 0) is 4.79 Å². The summed E-state index contributed by atoms with van der Waals surface area (Å²) in [5.74, 6) is 0.603. The third kappa shape index (κ3) is 6.42. The van der Waals surface area contributed by atoms with Crippen molar-refractivity contribution in [1.29, 1.82) is 0 Å². The fourth-order valence-corrected chi connectivity index (χ4v) is 2.23. The largest absolute Gasteiger partial charge is 0.494 e. The van der Waals surface area contributed by atoms with Gasteiger partial charge in [0.1, 0.15) is 5.75 Å². The topological polar surface area (TPSA) is 86.2 Å². The molecule has 7 nitrogen and oxygen atoms in total. The molecule has 0 unspecified atom stereocenters. The molecular formula is C21H24N2O5. The van der Waals surface area contributed by atoms with Crippen molar-refractivity contribution in [1.82, 2.24) is 5.43 Å². The van der Waals surface area contributed by atoms with Gasteiger partial charge in [-0.25, -0.2) is 10.2 Å². The number of unbranched alkanes of at least 4 members (excludes halogenated alkanes) is 1. The summed E-state index contributed by atoms with van der Waals surface area (Å²) in [5.41, 5.74) is 3.40. The number of benzene rings is 2. The van der Waals surface area contributed by atoms with E-state index < -0.39 is 5.97 Å². The number of carbonyl (C=O) groups is 2. The maximum Gasteiger partial charge on any atom is 0.343 e. The summed E-state index contributed by atoms with van der Waals surface area (Å²) in [7, 11) is 1.48. The first-order valence-electron chi connectivity index (χ1n) is 8.96. The van der Waals surface area contributed by atoms with Crippen LogP contribution in [0.4, 0.5) is 0 Å². The van der Waals surface area contributed by atoms with Gasteiger partial charge in [0.2, 0.25) is 5.91 Å². The Labute approximate surface area is 164 Å². The average molecular weight is 384 g/mol. The van der Waals surface area contributed by atoms with Crippen LogP contribution < -0.4 is 19.6 Å². The number of hydrogen-bond donors (Lipinski definition) is 1. The highest BCUT2D eigenvalue weighted by molar-refractivity contribution is 5.91. The summed E-state index contributed by atoms with van der Waals surface area (Å²) in [6.45, 7) is 4.11. The standard InChI is InChI=1S/C21H24N2O5/c1-4-5-12-27-18-9-7-17(8-10-18)21(25)28-19-11-6-16(13-20(19)26-3)14-22-23-15(2)24/h6-11,13-14H,4-5,12H2,1-3H3,(H,23,24)/b22-14-. The number of hydrogen-bond acceptors (Lipinski definition) is 6. The minimum absolute atomic E-state index is 0.268. The Bertz CT molecular complexity index is 831. The first-order valence-corrected chi connectivity index (χ1v) is 8.96. The zero-order valence-electron chi connectivity index (χ0n) is 16.2. The summed E-state index contributed by atoms with van der Waals surface area (Å²) in [6.07, 6.45) is 3.51. The molecule has 0 saturated heterocycles. The van der Waals surface area contributed by atoms with Gasteiger partial charge >= 0.3 is 5.97 Å². The Balaban J connectivity index is 2.04. The summed E-state index contributed by atoms with van der Waals surface area (Å²) in [5, 5.41) is 3.79. The second-order valence-corrected chi connectivity index (χ2v) is 5.95. The molecule has 28 heavy (non-hydrogen) atoms. The number of amides is 1. The van der Waals surface area contributed by atoms with Gasteiger partial charge in [-0.2, -0.15) is 5.10 Å². The SMILES string of the molecule is CCCCOc1ccc(C(=O)Oc2ccc(/C=N\NC(C)=O)cc2OC)cc1. The van der Waals surface area contributed by atoms with E-state index in [1.54, 1.807) is 42.5 Å². The second kappa shape index (κ2) is 10.7. The van der Waals surface area contributed by atoms with Crippen molar-refractivity contribution in [2.24, 2.45) is 5.10 Å². The number of rotatable bonds is 9. The predicted octanol–water partition coefficient (Wildman–Crippen LogP) is 3.56. The molecule has 1 amide bonds. The number of carbonyl (C=O) groups excluding carboxylic acids is 2. The smallest absolute Gasteiger partial charge is 0.343 e. The molecule has 0 aliphatic heterocycles. The molecule has 7 heteroatoms. The molecule has 0 saturated carbocycles. The van der Waals surface area contributed by atoms with E-state index in [0.717, 1.165) is 12.8 Å². The minimum atomic E-state index is -0.502. The molecule has 0 spiro atoms. The van der Waals surface area contributed by atoms with E-state index in [0.29, 0.717) is 29.2 Å². The average Bonchev–Trinajstić information content (AvgIpc) is 2.69. The summed E-state index contributed by atoms with van der Waals surface area (Å²) in [4.78, 5) is 23.2. The second-order valence-electron chi connectivity index (χ2n) is 5.95. The fourth-order valence-electron chi connectivity index (χ4n) is 2.23. The van der Waals surface area contributed by atoms with Crippen LogP contribution in [-0.4, -0.2) is 31.8 Å². The molecule has 2 aromatic carbocycles. The van der Waals surface area contributed by atoms with Gasteiger partial charge in [0.15, 0.2) is 11.5 Å². The van der Waals surface area contributed by atoms with Crippen LogP contribution in [0.3, 0.4) is 0 Å². The molecule has 0 fully saturated rings. The Kier molecular flexibility index (Phi) is 8.02. The Hall–Kier alpha value is -3.35. The number of nitrogens with one attached hydrogen (secondary N) is 1. The third-order valence-corrected chi connectivity index (χ3v) is 3.68. The van der Waals surface area contributed by atoms with Crippen LogP contribution in [0.1, 0.15) is 42.6 Å². The number of esters is 1. The van der Waals surface area contributed by atoms with Crippen LogP contribution in [0.15, 0.2) is 47.6 Å². The molecular weight excluding hydrogens is 360 g/mol. The number of nitrogens with zero attached hydrogens (tertiary/aromatic N) is 1. The monoisotopic (exact) mass is 384 g/mol. The zero-order chi connectivity index (χ0) is 20.4. The van der Waals surface area contributed by atoms with Crippen molar-refractivity contribution >= 4 is 18.1 Å². The van der Waals surface area contributed by atoms with E-state index in [9.17, 15) is 9.59 Å². The normalized spacial score (nSPS) is 10.5. The zero-order valence-corrected chi connectivity index (χ0v) is 16.2. The Morgan fingerprint density at radius 2 is 1.86 bits per heavy atom. The van der Waals surface area contributed by atoms with E-state index in [1.807, 2.05) is 0 Å². The first kappa shape index (κ1) is 21.0. The van der Waals surface area contributed by atoms with Crippen LogP contribution in [0.25, 0.3) is 0 Å². The van der Waals surface area contributed by atoms with E-state index in [1.165, 1.54) is 20.2 Å². The molecule has 0 aromatic heterocycles. The van der Waals surface area contributed by atoms with Crippen molar-refractivity contribution in [2.75, 3.05) is 13.7 Å². The first-order chi connectivity index (χ1) is 13.5. The molecule has 148 valence electrons. The lowest BCUT2D eigenvalue weighted by Crippen LogP contribution is -2.12. The van der Waals surface area contributed by atoms with E-state index in [2.05, 4.69) is 17.5 Å². The highest BCUT2D eigenvalue weighted by Crippen LogP contribution is 2.28. The molecule has 1 N–H and O–H groups in total. The minimum Gasteiger partial charge on any atom is -0.494 e. The lowest BCUT2D eigenvalue weighted by Gasteiger charge is -2.10. The summed E-state index contributed by atoms with van der Waals surface area (Å²) < 4.78 is 16.3. The number of methoxy groups -OCH3 is 1. The Morgan fingerprint density at radius 3 is 2.50 bits per heavy atom. The molecule has 0 aliphatic carbocycles. The summed E-state index contributed by atoms with van der Waals surface area (Å²) >= 11 is 0. The van der Waals surface area contributed by atoms with Crippen molar-refractivity contribution in [3.8, 4) is 17.2 Å². The van der Waals surface area contributed by atoms with Crippen LogP contribution in [0.5, 0.6) is 17.2 Å². The van der Waals surface area contributed by atoms with Gasteiger partial charge in [-0.15, -0.1) is 0 Å². The third-order valence-electron chi connectivity index (χ3n) is 3.68. The highest BCUT2D eigenvalue weighted by atomic mass is 16.6. The lowest BCUT2D eigenvalue weighted by atomic mass is 10.2. The maximum absolute atomic E-state index is 12.4. The highest BCUT2D eigenvalue weighted by Gasteiger charge is 2.13. The summed E-state index contributed by atoms with van der Waals surface area (Å²) in [6, 6.07) is 11.7. The van der Waals surface area contributed by atoms with E-state index in [-0.39, 0.29) is 11.7 Å². The fraction of sp³-hybridized carbons (Fsp3) is 0.286. The van der Waals surface area contributed by atoms with E-state index >= 15 is 0 Å². The van der Waals surface area contributed by atoms with Crippen LogP contribution >= 0.6 is 0 Å². The van der Waals surface area contributed by atoms with Gasteiger partial charge in [-0.3, -0.25) is 4.79 Å². The van der Waals surface area contributed by atoms with Crippen molar-refractivity contribution in [3.05, 3.63) is 53.6 Å². The van der Waals surface area contributed by atoms with Crippen molar-refractivity contribution in [2.45, 2.75) is 26.7 Å². The van der Waals surface area contributed by atoms with Gasteiger partial charge in [0, 0.05) is 6.92 Å². The molecule has 0 radical (unpaired) electrons. The maximum atomic E-state index is 12.4. The molecule has 0 heterocycles. The molecule has 0 atom stereocenters. The van der Waals surface area contributed by atoms with Crippen LogP contribution in [0, 0.1) is 0 Å². The predicted molar refractivity (Wildman–Crippen MR) is 106 cm³/mol. The van der Waals surface area contributed by atoms with Crippen molar-refractivity contribution in [3.63, 3.8) is 0 Å². The molecule has 2 rings (SSSR count). The molecule has 2 aromatic rings. The van der Waals surface area contributed by atoms with Gasteiger partial charge in [-0.1, -0.05) is 13.3 Å². The number of hydrazone groups is 1. The lowest BCUT2D eigenvalue weighted by molar-refractivity contribution is -0.118. The van der Waals surface area contributed by atoms with E-state index in [4.69, 9.17) is 14.2 Å². The quantitative estimate of drug-likeness (QED) is 0.235. The molecule has 0 bridgehead atoms. The van der Waals surface area contributed by atoms with Gasteiger partial charge in [0.05, 0.1) is 25.5 Å². The van der Waals surface area contributed by atoms with Gasteiger partial charge in [0.25, 0.3) is 0 Å². The van der Waals surface area contributed by atoms with Gasteiger partial charge < -0.3 is 14.2 Å². The number of ether oxygens (including phenoxy) is 3. The Morgan fingerprint density at radius 1 is 1.11 bits per heavy atom. The van der Waals surface area contributed by atoms with Crippen molar-refractivity contribution < 1.29 is 23.8 Å².